The standard InChI is InChI=1S/C23H26N4O5S2/c1-16-8-11-20(15-17(16)2)27(33(4,29)30)18(3)23(28)25-19-9-12-21(13-10-19)34(31,32)26-22-7-5-6-14-24-22/h5-15,18H,1-4H3,(H,24,26)(H,25,28). The molecule has 0 radical (unpaired) electrons. The first-order chi connectivity index (χ1) is 15.9. The van der Waals surface area contributed by atoms with Crippen molar-refractivity contribution in [2.24, 2.45) is 0 Å². The van der Waals surface area contributed by atoms with Gasteiger partial charge in [0.1, 0.15) is 11.9 Å². The van der Waals surface area contributed by atoms with Crippen LogP contribution in [-0.2, 0) is 24.8 Å². The van der Waals surface area contributed by atoms with Crippen LogP contribution in [0.25, 0.3) is 0 Å². The summed E-state index contributed by atoms with van der Waals surface area (Å²) in [6, 6.07) is 14.5. The maximum atomic E-state index is 12.9. The minimum atomic E-state index is -3.86. The van der Waals surface area contributed by atoms with Crippen LogP contribution >= 0.6 is 0 Å². The summed E-state index contributed by atoms with van der Waals surface area (Å²) >= 11 is 0. The second kappa shape index (κ2) is 9.82. The predicted octanol–water partition coefficient (Wildman–Crippen LogP) is 3.29. The van der Waals surface area contributed by atoms with Crippen LogP contribution in [0.5, 0.6) is 0 Å². The number of pyridine rings is 1. The molecule has 1 atom stereocenters. The van der Waals surface area contributed by atoms with Crippen LogP contribution in [0.1, 0.15) is 18.1 Å². The molecule has 0 bridgehead atoms. The molecule has 0 aliphatic heterocycles. The van der Waals surface area contributed by atoms with Gasteiger partial charge in [-0.15, -0.1) is 0 Å². The topological polar surface area (TPSA) is 126 Å². The number of rotatable bonds is 8. The number of aromatic nitrogens is 1. The molecule has 9 nitrogen and oxygen atoms in total. The van der Waals surface area contributed by atoms with Crippen molar-refractivity contribution in [3.8, 4) is 0 Å². The van der Waals surface area contributed by atoms with E-state index in [1.54, 1.807) is 30.3 Å². The highest BCUT2D eigenvalue weighted by Gasteiger charge is 2.29. The number of carbonyl (C=O) groups is 1. The monoisotopic (exact) mass is 502 g/mol. The molecule has 1 unspecified atom stereocenters. The van der Waals surface area contributed by atoms with E-state index in [9.17, 15) is 21.6 Å². The fraction of sp³-hybridized carbons (Fsp3) is 0.217. The highest BCUT2D eigenvalue weighted by atomic mass is 32.2. The van der Waals surface area contributed by atoms with Gasteiger partial charge in [0.15, 0.2) is 0 Å². The SMILES string of the molecule is Cc1ccc(N(C(C)C(=O)Nc2ccc(S(=O)(=O)Nc3ccccn3)cc2)S(C)(=O)=O)cc1C. The molecule has 0 fully saturated rings. The van der Waals surface area contributed by atoms with Gasteiger partial charge in [-0.1, -0.05) is 12.1 Å². The largest absolute Gasteiger partial charge is 0.324 e. The maximum absolute atomic E-state index is 12.9. The summed E-state index contributed by atoms with van der Waals surface area (Å²) in [5, 5.41) is 2.65. The number of benzene rings is 2. The Hall–Kier alpha value is -3.44. The first kappa shape index (κ1) is 25.2. The molecule has 0 aliphatic carbocycles. The Morgan fingerprint density at radius 1 is 0.941 bits per heavy atom. The Morgan fingerprint density at radius 2 is 1.62 bits per heavy atom. The zero-order chi connectivity index (χ0) is 25.1. The minimum Gasteiger partial charge on any atom is -0.324 e. The highest BCUT2D eigenvalue weighted by molar-refractivity contribution is 7.92. The number of sulfonamides is 2. The van der Waals surface area contributed by atoms with E-state index in [0.29, 0.717) is 11.4 Å². The molecule has 3 rings (SSSR count). The maximum Gasteiger partial charge on any atom is 0.263 e. The summed E-state index contributed by atoms with van der Waals surface area (Å²) in [6.07, 6.45) is 2.51. The number of carbonyl (C=O) groups excluding carboxylic acids is 1. The molecule has 1 heterocycles. The van der Waals surface area contributed by atoms with Crippen molar-refractivity contribution >= 4 is 43.1 Å². The number of aryl methyl sites for hydroxylation is 2. The number of amides is 1. The molecule has 1 aromatic heterocycles. The van der Waals surface area contributed by atoms with Crippen LogP contribution in [0.15, 0.2) is 71.8 Å². The van der Waals surface area contributed by atoms with Crippen LogP contribution < -0.4 is 14.3 Å². The van der Waals surface area contributed by atoms with E-state index < -0.39 is 32.0 Å². The Morgan fingerprint density at radius 3 is 2.18 bits per heavy atom. The van der Waals surface area contributed by atoms with Gasteiger partial charge in [-0.05, 0) is 80.4 Å². The van der Waals surface area contributed by atoms with E-state index >= 15 is 0 Å². The molecule has 11 heteroatoms. The molecule has 0 saturated heterocycles. The molecule has 1 amide bonds. The van der Waals surface area contributed by atoms with Crippen molar-refractivity contribution < 1.29 is 21.6 Å². The van der Waals surface area contributed by atoms with Crippen LogP contribution in [-0.4, -0.2) is 40.0 Å². The fourth-order valence-electron chi connectivity index (χ4n) is 3.26. The number of nitrogens with one attached hydrogen (secondary N) is 2. The molecule has 180 valence electrons. The van der Waals surface area contributed by atoms with E-state index in [1.807, 2.05) is 13.8 Å². The zero-order valence-electron chi connectivity index (χ0n) is 19.2. The zero-order valence-corrected chi connectivity index (χ0v) is 20.8. The van der Waals surface area contributed by atoms with E-state index in [-0.39, 0.29) is 10.7 Å². The van der Waals surface area contributed by atoms with E-state index in [4.69, 9.17) is 0 Å². The van der Waals surface area contributed by atoms with Crippen LogP contribution in [0, 0.1) is 13.8 Å². The lowest BCUT2D eigenvalue weighted by Gasteiger charge is -2.28. The molecule has 2 N–H and O–H groups in total. The van der Waals surface area contributed by atoms with Gasteiger partial charge >= 0.3 is 0 Å². The third kappa shape index (κ3) is 5.91. The van der Waals surface area contributed by atoms with Crippen LogP contribution in [0.2, 0.25) is 0 Å². The Kier molecular flexibility index (Phi) is 7.27. The number of hydrogen-bond donors (Lipinski definition) is 2. The summed E-state index contributed by atoms with van der Waals surface area (Å²) in [7, 11) is -7.63. The van der Waals surface area contributed by atoms with Gasteiger partial charge in [0.2, 0.25) is 15.9 Å². The van der Waals surface area contributed by atoms with Crippen LogP contribution in [0.4, 0.5) is 17.2 Å². The third-order valence-corrected chi connectivity index (χ3v) is 7.78. The summed E-state index contributed by atoms with van der Waals surface area (Å²) in [5.41, 5.74) is 2.61. The number of nitrogens with zero attached hydrogens (tertiary/aromatic N) is 2. The summed E-state index contributed by atoms with van der Waals surface area (Å²) < 4.78 is 53.5. The van der Waals surface area contributed by atoms with E-state index in [2.05, 4.69) is 15.0 Å². The molecule has 34 heavy (non-hydrogen) atoms. The Balaban J connectivity index is 1.78. The lowest BCUT2D eigenvalue weighted by molar-refractivity contribution is -0.116. The second-order valence-electron chi connectivity index (χ2n) is 7.84. The molecular weight excluding hydrogens is 476 g/mol. The van der Waals surface area contributed by atoms with Gasteiger partial charge in [-0.3, -0.25) is 13.8 Å². The normalized spacial score (nSPS) is 12.6. The van der Waals surface area contributed by atoms with Gasteiger partial charge in [0, 0.05) is 11.9 Å². The lowest BCUT2D eigenvalue weighted by atomic mass is 10.1. The lowest BCUT2D eigenvalue weighted by Crippen LogP contribution is -2.45. The van der Waals surface area contributed by atoms with Gasteiger partial charge in [0.25, 0.3) is 10.0 Å². The summed E-state index contributed by atoms with van der Waals surface area (Å²) in [6.45, 7) is 5.26. The van der Waals surface area contributed by atoms with Crippen molar-refractivity contribution in [1.29, 1.82) is 0 Å². The van der Waals surface area contributed by atoms with Crippen molar-refractivity contribution in [3.63, 3.8) is 0 Å². The third-order valence-electron chi connectivity index (χ3n) is 5.17. The summed E-state index contributed by atoms with van der Waals surface area (Å²) in [4.78, 5) is 16.8. The van der Waals surface area contributed by atoms with Crippen molar-refractivity contribution in [1.82, 2.24) is 4.98 Å². The molecule has 2 aromatic carbocycles. The quantitative estimate of drug-likeness (QED) is 0.487. The smallest absolute Gasteiger partial charge is 0.263 e. The second-order valence-corrected chi connectivity index (χ2v) is 11.4. The molecule has 3 aromatic rings. The van der Waals surface area contributed by atoms with E-state index in [1.165, 1.54) is 43.5 Å². The average molecular weight is 503 g/mol. The minimum absolute atomic E-state index is 0.0166. The van der Waals surface area contributed by atoms with Crippen molar-refractivity contribution in [2.45, 2.75) is 31.7 Å². The van der Waals surface area contributed by atoms with Crippen molar-refractivity contribution in [2.75, 3.05) is 20.6 Å². The fourth-order valence-corrected chi connectivity index (χ4v) is 5.43. The van der Waals surface area contributed by atoms with Gasteiger partial charge in [-0.25, -0.2) is 21.8 Å². The first-order valence-corrected chi connectivity index (χ1v) is 13.6. The van der Waals surface area contributed by atoms with Crippen molar-refractivity contribution in [3.05, 3.63) is 78.0 Å². The Bertz CT molecular complexity index is 1390. The highest BCUT2D eigenvalue weighted by Crippen LogP contribution is 2.25. The van der Waals surface area contributed by atoms with E-state index in [0.717, 1.165) is 21.7 Å². The average Bonchev–Trinajstić information content (AvgIpc) is 2.76. The van der Waals surface area contributed by atoms with Gasteiger partial charge < -0.3 is 5.32 Å². The summed E-state index contributed by atoms with van der Waals surface area (Å²) in [5.74, 6) is -0.383. The first-order valence-electron chi connectivity index (χ1n) is 10.3. The molecular formula is C23H26N4O5S2. The van der Waals surface area contributed by atoms with Gasteiger partial charge in [0.05, 0.1) is 16.8 Å². The van der Waals surface area contributed by atoms with Crippen LogP contribution in [0.3, 0.4) is 0 Å². The molecule has 0 saturated carbocycles. The predicted molar refractivity (Wildman–Crippen MR) is 133 cm³/mol. The van der Waals surface area contributed by atoms with Gasteiger partial charge in [-0.2, -0.15) is 0 Å². The molecule has 0 aliphatic rings. The Labute approximate surface area is 199 Å². The number of anilines is 3. The molecule has 0 spiro atoms. The number of hydrogen-bond acceptors (Lipinski definition) is 6.